The molecule has 3 aromatic rings. The number of carboxylic acids is 1. The summed E-state index contributed by atoms with van der Waals surface area (Å²) in [7, 11) is 0. The van der Waals surface area contributed by atoms with Gasteiger partial charge in [-0.25, -0.2) is 14.6 Å². The van der Waals surface area contributed by atoms with E-state index in [4.69, 9.17) is 15.0 Å². The van der Waals surface area contributed by atoms with E-state index in [1.165, 1.54) is 0 Å². The number of carboxylic acid groups (broad SMARTS) is 2. The molecule has 37 heavy (non-hydrogen) atoms. The Morgan fingerprint density at radius 1 is 1.19 bits per heavy atom. The van der Waals surface area contributed by atoms with Crippen LogP contribution in [0.3, 0.4) is 0 Å². The van der Waals surface area contributed by atoms with Crippen LogP contribution >= 0.6 is 0 Å². The number of amides is 2. The standard InChI is InChI=1S/C21H21N5O4.C2HF3O2/c27-18-14-3-1-2-4-15(14)21(30,26(18)11-12-7-8-22-10-12)13-5-6-16-17(9-13)24-19(23-16)25-20(28)29;3-2(4,5)1(6)7/h1-6,9,12,22,30H,7-8,10-11H2,(H,28,29)(H2,23,24,25);(H,6,7). The number of rotatable bonds is 4. The van der Waals surface area contributed by atoms with E-state index >= 15 is 0 Å². The van der Waals surface area contributed by atoms with Crippen LogP contribution in [0.2, 0.25) is 0 Å². The van der Waals surface area contributed by atoms with Gasteiger partial charge in [0.1, 0.15) is 0 Å². The number of halogens is 3. The lowest BCUT2D eigenvalue weighted by molar-refractivity contribution is -0.192. The van der Waals surface area contributed by atoms with E-state index in [-0.39, 0.29) is 17.8 Å². The van der Waals surface area contributed by atoms with Crippen LogP contribution in [0.4, 0.5) is 23.9 Å². The maximum atomic E-state index is 13.2. The molecule has 1 aromatic heterocycles. The predicted octanol–water partition coefficient (Wildman–Crippen LogP) is 2.54. The van der Waals surface area contributed by atoms with Crippen molar-refractivity contribution in [2.75, 3.05) is 25.0 Å². The number of carbonyl (C=O) groups excluding carboxylic acids is 1. The smallest absolute Gasteiger partial charge is 0.475 e. The Balaban J connectivity index is 0.000000405. The highest BCUT2D eigenvalue weighted by atomic mass is 19.4. The van der Waals surface area contributed by atoms with E-state index in [0.717, 1.165) is 19.5 Å². The van der Waals surface area contributed by atoms with Crippen LogP contribution in [0.25, 0.3) is 11.0 Å². The van der Waals surface area contributed by atoms with Crippen LogP contribution in [-0.4, -0.2) is 74.0 Å². The second kappa shape index (κ2) is 9.71. The molecule has 2 unspecified atom stereocenters. The Labute approximate surface area is 206 Å². The molecular weight excluding hydrogens is 499 g/mol. The first-order valence-corrected chi connectivity index (χ1v) is 11.1. The van der Waals surface area contributed by atoms with Crippen molar-refractivity contribution in [3.8, 4) is 0 Å². The number of anilines is 1. The zero-order valence-electron chi connectivity index (χ0n) is 19.0. The maximum absolute atomic E-state index is 13.2. The van der Waals surface area contributed by atoms with Crippen molar-refractivity contribution >= 4 is 35.0 Å². The molecule has 196 valence electrons. The molecule has 2 aliphatic heterocycles. The molecule has 0 radical (unpaired) electrons. The van der Waals surface area contributed by atoms with Crippen molar-refractivity contribution in [2.45, 2.75) is 18.3 Å². The number of hydrogen-bond acceptors (Lipinski definition) is 6. The molecule has 2 atom stereocenters. The lowest BCUT2D eigenvalue weighted by Crippen LogP contribution is -2.47. The summed E-state index contributed by atoms with van der Waals surface area (Å²) in [5, 5.41) is 33.5. The first-order chi connectivity index (χ1) is 17.4. The van der Waals surface area contributed by atoms with E-state index in [1.54, 1.807) is 47.4 Å². The number of H-pyrrole nitrogens is 1. The normalized spacial score (nSPS) is 20.9. The molecule has 0 saturated carbocycles. The Kier molecular flexibility index (Phi) is 6.80. The molecule has 2 aromatic carbocycles. The number of imidazole rings is 1. The van der Waals surface area contributed by atoms with Crippen molar-refractivity contribution in [2.24, 2.45) is 5.92 Å². The lowest BCUT2D eigenvalue weighted by atomic mass is 9.93. The van der Waals surface area contributed by atoms with Crippen molar-refractivity contribution in [3.05, 3.63) is 59.2 Å². The summed E-state index contributed by atoms with van der Waals surface area (Å²) in [5.74, 6) is -2.60. The van der Waals surface area contributed by atoms with Gasteiger partial charge in [-0.1, -0.05) is 24.3 Å². The maximum Gasteiger partial charge on any atom is 0.490 e. The van der Waals surface area contributed by atoms with Crippen molar-refractivity contribution in [1.29, 1.82) is 0 Å². The van der Waals surface area contributed by atoms with Gasteiger partial charge in [-0.2, -0.15) is 13.2 Å². The third-order valence-electron chi connectivity index (χ3n) is 6.12. The third kappa shape index (κ3) is 5.06. The minimum atomic E-state index is -5.08. The van der Waals surface area contributed by atoms with E-state index in [9.17, 15) is 27.9 Å². The molecule has 0 bridgehead atoms. The molecular formula is C23H22F3N5O6. The number of hydrogen-bond donors (Lipinski definition) is 6. The molecule has 0 spiro atoms. The highest BCUT2D eigenvalue weighted by Gasteiger charge is 2.50. The van der Waals surface area contributed by atoms with Gasteiger partial charge < -0.3 is 30.5 Å². The number of nitrogens with zero attached hydrogens (tertiary/aromatic N) is 2. The molecule has 0 aliphatic carbocycles. The quantitative estimate of drug-likeness (QED) is 0.305. The lowest BCUT2D eigenvalue weighted by Gasteiger charge is -2.36. The predicted molar refractivity (Wildman–Crippen MR) is 123 cm³/mol. The zero-order valence-corrected chi connectivity index (χ0v) is 19.0. The topological polar surface area (TPSA) is 168 Å². The number of aliphatic hydroxyl groups is 1. The highest BCUT2D eigenvalue weighted by molar-refractivity contribution is 6.00. The van der Waals surface area contributed by atoms with Crippen LogP contribution in [0, 0.1) is 5.92 Å². The minimum Gasteiger partial charge on any atom is -0.475 e. The van der Waals surface area contributed by atoms with E-state index in [1.807, 2.05) is 0 Å². The summed E-state index contributed by atoms with van der Waals surface area (Å²) in [6.45, 7) is 2.14. The van der Waals surface area contributed by atoms with Crippen LogP contribution in [0.1, 0.15) is 27.9 Å². The number of alkyl halides is 3. The van der Waals surface area contributed by atoms with E-state index in [2.05, 4.69) is 20.6 Å². The Morgan fingerprint density at radius 2 is 1.89 bits per heavy atom. The number of carbonyl (C=O) groups is 3. The second-order valence-electron chi connectivity index (χ2n) is 8.54. The summed E-state index contributed by atoms with van der Waals surface area (Å²) >= 11 is 0. The summed E-state index contributed by atoms with van der Waals surface area (Å²) in [4.78, 5) is 41.6. The number of aromatic nitrogens is 2. The van der Waals surface area contributed by atoms with Gasteiger partial charge in [0.2, 0.25) is 5.95 Å². The monoisotopic (exact) mass is 521 g/mol. The van der Waals surface area contributed by atoms with Crippen molar-refractivity contribution in [1.82, 2.24) is 20.2 Å². The van der Waals surface area contributed by atoms with Gasteiger partial charge in [-0.3, -0.25) is 10.1 Å². The molecule has 2 amide bonds. The minimum absolute atomic E-state index is 0.0958. The zero-order chi connectivity index (χ0) is 27.0. The Morgan fingerprint density at radius 3 is 2.51 bits per heavy atom. The fraction of sp³-hybridized carbons (Fsp3) is 0.304. The Hall–Kier alpha value is -4.17. The Bertz CT molecular complexity index is 1350. The average molecular weight is 521 g/mol. The molecule has 2 aliphatic rings. The van der Waals surface area contributed by atoms with Crippen LogP contribution in [0.5, 0.6) is 0 Å². The fourth-order valence-corrected chi connectivity index (χ4v) is 4.45. The fourth-order valence-electron chi connectivity index (χ4n) is 4.45. The number of aliphatic carboxylic acids is 1. The first kappa shape index (κ1) is 25.9. The van der Waals surface area contributed by atoms with E-state index in [0.29, 0.717) is 34.3 Å². The van der Waals surface area contributed by atoms with Gasteiger partial charge in [0, 0.05) is 23.2 Å². The van der Waals surface area contributed by atoms with Crippen LogP contribution in [0.15, 0.2) is 42.5 Å². The number of nitrogens with one attached hydrogen (secondary N) is 3. The summed E-state index contributed by atoms with van der Waals surface area (Å²) in [5.41, 5.74) is 1.05. The summed E-state index contributed by atoms with van der Waals surface area (Å²) in [6, 6.07) is 12.2. The molecule has 11 nitrogen and oxygen atoms in total. The summed E-state index contributed by atoms with van der Waals surface area (Å²) < 4.78 is 31.7. The molecule has 6 N–H and O–H groups in total. The van der Waals surface area contributed by atoms with Crippen molar-refractivity contribution < 1.29 is 42.9 Å². The largest absolute Gasteiger partial charge is 0.490 e. The van der Waals surface area contributed by atoms with Crippen LogP contribution in [-0.2, 0) is 10.5 Å². The molecule has 14 heteroatoms. The molecule has 5 rings (SSSR count). The molecule has 1 fully saturated rings. The first-order valence-electron chi connectivity index (χ1n) is 11.1. The number of fused-ring (bicyclic) bond motifs is 2. The molecule has 3 heterocycles. The van der Waals surface area contributed by atoms with E-state index < -0.39 is 24.0 Å². The summed E-state index contributed by atoms with van der Waals surface area (Å²) in [6.07, 6.45) is -5.36. The SMILES string of the molecule is O=C(O)C(F)(F)F.O=C(O)Nc1nc2ccc(C3(O)c4ccccc4C(=O)N3CC3CCNC3)cc2[nH]1. The second-order valence-corrected chi connectivity index (χ2v) is 8.54. The number of aromatic amines is 1. The third-order valence-corrected chi connectivity index (χ3v) is 6.12. The van der Waals surface area contributed by atoms with Gasteiger partial charge in [-0.15, -0.1) is 0 Å². The average Bonchev–Trinajstić information content (AvgIpc) is 3.53. The van der Waals surface area contributed by atoms with Gasteiger partial charge in [0.15, 0.2) is 5.72 Å². The van der Waals surface area contributed by atoms with Gasteiger partial charge in [-0.05, 0) is 43.6 Å². The number of benzene rings is 2. The van der Waals surface area contributed by atoms with Gasteiger partial charge in [0.25, 0.3) is 5.91 Å². The van der Waals surface area contributed by atoms with Gasteiger partial charge in [0.05, 0.1) is 11.0 Å². The van der Waals surface area contributed by atoms with Gasteiger partial charge >= 0.3 is 18.2 Å². The molecule has 1 saturated heterocycles. The van der Waals surface area contributed by atoms with Crippen LogP contribution < -0.4 is 10.6 Å². The highest BCUT2D eigenvalue weighted by Crippen LogP contribution is 2.43. The van der Waals surface area contributed by atoms with Crippen molar-refractivity contribution in [3.63, 3.8) is 0 Å².